The molecule has 0 spiro atoms. The summed E-state index contributed by atoms with van der Waals surface area (Å²) in [7, 11) is -1.60. The van der Waals surface area contributed by atoms with Crippen LogP contribution in [0, 0.1) is 0 Å². The molecule has 0 aromatic heterocycles. The average molecular weight is 322 g/mol. The van der Waals surface area contributed by atoms with Gasteiger partial charge in [0.05, 0.1) is 0 Å². The van der Waals surface area contributed by atoms with E-state index in [2.05, 4.69) is 19.2 Å². The minimum atomic E-state index is -3.29. The van der Waals surface area contributed by atoms with E-state index in [1.54, 1.807) is 11.4 Å². The van der Waals surface area contributed by atoms with Crippen molar-refractivity contribution >= 4 is 22.0 Å². The largest absolute Gasteiger partial charge is 0.314 e. The van der Waals surface area contributed by atoms with Crippen molar-refractivity contribution in [1.29, 1.82) is 0 Å². The molecule has 1 heterocycles. The Hall–Kier alpha value is 0.180. The highest BCUT2D eigenvalue weighted by Gasteiger charge is 2.35. The van der Waals surface area contributed by atoms with Crippen molar-refractivity contribution in [2.45, 2.75) is 43.9 Å². The van der Waals surface area contributed by atoms with Crippen LogP contribution in [0.3, 0.4) is 0 Å². The highest BCUT2D eigenvalue weighted by Crippen LogP contribution is 2.31. The molecule has 1 saturated heterocycles. The van der Waals surface area contributed by atoms with Gasteiger partial charge in [-0.15, -0.1) is 0 Å². The van der Waals surface area contributed by atoms with Gasteiger partial charge in [0.25, 0.3) is 10.2 Å². The zero-order valence-corrected chi connectivity index (χ0v) is 14.4. The first-order valence-corrected chi connectivity index (χ1v) is 9.78. The molecule has 1 aliphatic carbocycles. The van der Waals surface area contributed by atoms with Crippen molar-refractivity contribution in [3.05, 3.63) is 0 Å². The van der Waals surface area contributed by atoms with Gasteiger partial charge in [-0.2, -0.15) is 28.8 Å². The standard InChI is InChI=1S/C13H27N3O2S2/c1-13(2)11-16(9-10-19-13)20(17,18)15(3)8-4-7-14-12-5-6-12/h12,14H,4-11H2,1-3H3. The summed E-state index contributed by atoms with van der Waals surface area (Å²) in [5, 5.41) is 3.42. The van der Waals surface area contributed by atoms with Crippen molar-refractivity contribution in [3.8, 4) is 0 Å². The van der Waals surface area contributed by atoms with E-state index in [0.29, 0.717) is 25.7 Å². The zero-order chi connectivity index (χ0) is 14.8. The van der Waals surface area contributed by atoms with Crippen LogP contribution in [0.25, 0.3) is 0 Å². The quantitative estimate of drug-likeness (QED) is 0.714. The Morgan fingerprint density at radius 3 is 2.70 bits per heavy atom. The van der Waals surface area contributed by atoms with Crippen LogP contribution in [0.5, 0.6) is 0 Å². The van der Waals surface area contributed by atoms with Gasteiger partial charge in [-0.1, -0.05) is 0 Å². The topological polar surface area (TPSA) is 52.7 Å². The fourth-order valence-corrected chi connectivity index (χ4v) is 5.25. The zero-order valence-electron chi connectivity index (χ0n) is 12.8. The Morgan fingerprint density at radius 1 is 1.40 bits per heavy atom. The molecule has 0 atom stereocenters. The number of nitrogens with one attached hydrogen (secondary N) is 1. The third kappa shape index (κ3) is 4.59. The predicted molar refractivity (Wildman–Crippen MR) is 85.3 cm³/mol. The van der Waals surface area contributed by atoms with Gasteiger partial charge in [-0.25, -0.2) is 0 Å². The Morgan fingerprint density at radius 2 is 2.10 bits per heavy atom. The second kappa shape index (κ2) is 6.52. The van der Waals surface area contributed by atoms with Crippen LogP contribution in [0.4, 0.5) is 0 Å². The van der Waals surface area contributed by atoms with Gasteiger partial charge in [0, 0.05) is 43.2 Å². The van der Waals surface area contributed by atoms with Gasteiger partial charge in [0.1, 0.15) is 0 Å². The smallest absolute Gasteiger partial charge is 0.281 e. The maximum Gasteiger partial charge on any atom is 0.281 e. The molecule has 20 heavy (non-hydrogen) atoms. The third-order valence-corrected chi connectivity index (χ3v) is 7.00. The van der Waals surface area contributed by atoms with Crippen molar-refractivity contribution in [2.75, 3.05) is 39.0 Å². The summed E-state index contributed by atoms with van der Waals surface area (Å²) in [6.45, 7) is 6.95. The van der Waals surface area contributed by atoms with Gasteiger partial charge < -0.3 is 5.32 Å². The normalized spacial score (nSPS) is 24.2. The monoisotopic (exact) mass is 321 g/mol. The first kappa shape index (κ1) is 16.5. The fraction of sp³-hybridized carbons (Fsp3) is 1.00. The van der Waals surface area contributed by atoms with E-state index < -0.39 is 10.2 Å². The number of hydrogen-bond acceptors (Lipinski definition) is 4. The molecule has 1 aliphatic heterocycles. The number of hydrogen-bond donors (Lipinski definition) is 1. The molecule has 1 N–H and O–H groups in total. The number of nitrogens with zero attached hydrogens (tertiary/aromatic N) is 2. The molecule has 5 nitrogen and oxygen atoms in total. The van der Waals surface area contributed by atoms with Crippen LogP contribution in [0.15, 0.2) is 0 Å². The van der Waals surface area contributed by atoms with Gasteiger partial charge in [0.15, 0.2) is 0 Å². The average Bonchev–Trinajstić information content (AvgIpc) is 3.17. The molecular weight excluding hydrogens is 294 g/mol. The molecule has 2 rings (SSSR count). The molecule has 7 heteroatoms. The molecule has 0 amide bonds. The third-order valence-electron chi connectivity index (χ3n) is 3.77. The van der Waals surface area contributed by atoms with E-state index in [-0.39, 0.29) is 4.75 Å². The van der Waals surface area contributed by atoms with Gasteiger partial charge in [-0.05, 0) is 39.7 Å². The summed E-state index contributed by atoms with van der Waals surface area (Å²) in [4.78, 5) is 0. The molecular formula is C13H27N3O2S2. The lowest BCUT2D eigenvalue weighted by atomic mass is 10.2. The van der Waals surface area contributed by atoms with Gasteiger partial charge in [0.2, 0.25) is 0 Å². The first-order chi connectivity index (χ1) is 9.31. The van der Waals surface area contributed by atoms with Crippen molar-refractivity contribution in [3.63, 3.8) is 0 Å². The van der Waals surface area contributed by atoms with Crippen LogP contribution in [-0.4, -0.2) is 66.8 Å². The summed E-state index contributed by atoms with van der Waals surface area (Å²) in [5.41, 5.74) is 0. The van der Waals surface area contributed by atoms with E-state index >= 15 is 0 Å². The summed E-state index contributed by atoms with van der Waals surface area (Å²) in [6, 6.07) is 0.692. The highest BCUT2D eigenvalue weighted by atomic mass is 32.2. The second-order valence-electron chi connectivity index (χ2n) is 6.35. The summed E-state index contributed by atoms with van der Waals surface area (Å²) < 4.78 is 28.2. The molecule has 2 fully saturated rings. The molecule has 0 aromatic carbocycles. The van der Waals surface area contributed by atoms with Crippen LogP contribution >= 0.6 is 11.8 Å². The van der Waals surface area contributed by atoms with E-state index in [1.165, 1.54) is 17.1 Å². The van der Waals surface area contributed by atoms with Crippen LogP contribution in [0.2, 0.25) is 0 Å². The Kier molecular flexibility index (Phi) is 5.40. The number of thioether (sulfide) groups is 1. The van der Waals surface area contributed by atoms with Gasteiger partial charge in [-0.3, -0.25) is 0 Å². The van der Waals surface area contributed by atoms with E-state index in [0.717, 1.165) is 18.7 Å². The molecule has 0 bridgehead atoms. The fourth-order valence-electron chi connectivity index (χ4n) is 2.38. The first-order valence-electron chi connectivity index (χ1n) is 7.40. The SMILES string of the molecule is CN(CCCNC1CC1)S(=O)(=O)N1CCSC(C)(C)C1. The van der Waals surface area contributed by atoms with Gasteiger partial charge >= 0.3 is 0 Å². The summed E-state index contributed by atoms with van der Waals surface area (Å²) in [5.74, 6) is 0.878. The maximum atomic E-state index is 12.5. The molecule has 118 valence electrons. The Balaban J connectivity index is 1.80. The lowest BCUT2D eigenvalue weighted by Gasteiger charge is -2.38. The van der Waals surface area contributed by atoms with Crippen molar-refractivity contribution < 1.29 is 8.42 Å². The lowest BCUT2D eigenvalue weighted by Crippen LogP contribution is -2.51. The minimum Gasteiger partial charge on any atom is -0.314 e. The van der Waals surface area contributed by atoms with Crippen molar-refractivity contribution in [1.82, 2.24) is 13.9 Å². The summed E-state index contributed by atoms with van der Waals surface area (Å²) in [6.07, 6.45) is 3.42. The maximum absolute atomic E-state index is 12.5. The molecule has 1 saturated carbocycles. The van der Waals surface area contributed by atoms with Crippen LogP contribution < -0.4 is 5.32 Å². The molecule has 2 aliphatic rings. The van der Waals surface area contributed by atoms with E-state index in [9.17, 15) is 8.42 Å². The van der Waals surface area contributed by atoms with Crippen LogP contribution in [0.1, 0.15) is 33.1 Å². The number of rotatable bonds is 7. The highest BCUT2D eigenvalue weighted by molar-refractivity contribution is 8.00. The van der Waals surface area contributed by atoms with Crippen LogP contribution in [-0.2, 0) is 10.2 Å². The van der Waals surface area contributed by atoms with E-state index in [4.69, 9.17) is 0 Å². The lowest BCUT2D eigenvalue weighted by molar-refractivity contribution is 0.342. The Labute approximate surface area is 127 Å². The minimum absolute atomic E-state index is 0.0136. The molecule has 0 aromatic rings. The second-order valence-corrected chi connectivity index (χ2v) is 10.2. The molecule has 0 unspecified atom stereocenters. The predicted octanol–water partition coefficient (Wildman–Crippen LogP) is 1.13. The van der Waals surface area contributed by atoms with E-state index in [1.807, 2.05) is 11.8 Å². The van der Waals surface area contributed by atoms with Crippen molar-refractivity contribution in [2.24, 2.45) is 0 Å². The summed E-state index contributed by atoms with van der Waals surface area (Å²) >= 11 is 1.85. The molecule has 0 radical (unpaired) electrons. The Bertz CT molecular complexity index is 421.